The molecule has 0 aromatic heterocycles. The molecule has 4 rings (SSSR count). The summed E-state index contributed by atoms with van der Waals surface area (Å²) in [4.78, 5) is 12.6. The van der Waals surface area contributed by atoms with Crippen LogP contribution in [0.15, 0.2) is 5.16 Å². The third-order valence-electron chi connectivity index (χ3n) is 8.74. The maximum absolute atomic E-state index is 12.6. The second-order valence-corrected chi connectivity index (χ2v) is 11.1. The van der Waals surface area contributed by atoms with Gasteiger partial charge in [-0.15, -0.1) is 0 Å². The van der Waals surface area contributed by atoms with Gasteiger partial charge in [0.1, 0.15) is 5.78 Å². The zero-order valence-corrected chi connectivity index (χ0v) is 17.1. The van der Waals surface area contributed by atoms with Crippen molar-refractivity contribution >= 4 is 23.3 Å². The van der Waals surface area contributed by atoms with E-state index in [9.17, 15) is 10.0 Å². The van der Waals surface area contributed by atoms with E-state index in [0.717, 1.165) is 50.1 Å². The summed E-state index contributed by atoms with van der Waals surface area (Å²) in [5.41, 5.74) is 6.85. The van der Waals surface area contributed by atoms with Gasteiger partial charge in [0.2, 0.25) is 0 Å². The standard InChI is InChI=1S/C21H34N2O2S/c1-20-7-5-13(26-10-9-22)11-17(20)18(23-25)12-14-15-3-4-19(24)21(15,2)8-6-16(14)20/h13-17,25H,3-12,22H2,1-2H3/b23-18+/t13-,14-,15-,16-,17?,20+,21-/m0/s1. The van der Waals surface area contributed by atoms with Gasteiger partial charge >= 0.3 is 0 Å². The number of fused-ring (bicyclic) bond motifs is 5. The molecule has 5 heteroatoms. The number of oxime groups is 1. The summed E-state index contributed by atoms with van der Waals surface area (Å²) in [6, 6.07) is 0. The monoisotopic (exact) mass is 378 g/mol. The minimum Gasteiger partial charge on any atom is -0.411 e. The van der Waals surface area contributed by atoms with Crippen LogP contribution in [0.25, 0.3) is 0 Å². The predicted molar refractivity (Wildman–Crippen MR) is 107 cm³/mol. The Labute approximate surface area is 161 Å². The van der Waals surface area contributed by atoms with Crippen LogP contribution in [0.5, 0.6) is 0 Å². The van der Waals surface area contributed by atoms with E-state index in [0.29, 0.717) is 34.7 Å². The van der Waals surface area contributed by atoms with Crippen LogP contribution in [0.1, 0.15) is 65.2 Å². The van der Waals surface area contributed by atoms with Gasteiger partial charge in [-0.05, 0) is 68.1 Å². The van der Waals surface area contributed by atoms with Crippen molar-refractivity contribution in [1.29, 1.82) is 0 Å². The fourth-order valence-corrected chi connectivity index (χ4v) is 8.38. The molecule has 4 saturated carbocycles. The van der Waals surface area contributed by atoms with E-state index in [-0.39, 0.29) is 10.8 Å². The molecule has 0 aromatic rings. The molecule has 26 heavy (non-hydrogen) atoms. The minimum absolute atomic E-state index is 0.112. The lowest BCUT2D eigenvalue weighted by Gasteiger charge is -2.60. The van der Waals surface area contributed by atoms with Crippen molar-refractivity contribution in [3.05, 3.63) is 0 Å². The highest BCUT2D eigenvalue weighted by atomic mass is 32.2. The Hall–Kier alpha value is -0.550. The number of ketones is 1. The van der Waals surface area contributed by atoms with Crippen molar-refractivity contribution in [1.82, 2.24) is 0 Å². The lowest BCUT2D eigenvalue weighted by Crippen LogP contribution is -2.56. The van der Waals surface area contributed by atoms with Crippen LogP contribution >= 0.6 is 11.8 Å². The lowest BCUT2D eigenvalue weighted by atomic mass is 9.45. The first-order valence-corrected chi connectivity index (χ1v) is 11.5. The molecule has 7 atom stereocenters. The lowest BCUT2D eigenvalue weighted by molar-refractivity contribution is -0.133. The fraction of sp³-hybridized carbons (Fsp3) is 0.905. The number of rotatable bonds is 3. The second kappa shape index (κ2) is 6.80. The van der Waals surface area contributed by atoms with Crippen molar-refractivity contribution in [3.63, 3.8) is 0 Å². The SMILES string of the molecule is C[C@]12CC[C@H](SCCN)CC1/C(=N/O)C[C@@H]1[C@@H]2CC[C@]2(C)C(=O)CC[C@@H]12. The molecule has 0 bridgehead atoms. The van der Waals surface area contributed by atoms with E-state index >= 15 is 0 Å². The van der Waals surface area contributed by atoms with Gasteiger partial charge in [0.25, 0.3) is 0 Å². The van der Waals surface area contributed by atoms with Crippen LogP contribution in [0, 0.1) is 34.5 Å². The molecule has 4 nitrogen and oxygen atoms in total. The normalized spacial score (nSPS) is 49.6. The number of Topliss-reactive ketones (excluding diaryl/α,β-unsaturated/α-hetero) is 1. The average Bonchev–Trinajstić information content (AvgIpc) is 2.94. The maximum atomic E-state index is 12.6. The molecule has 0 aliphatic heterocycles. The highest BCUT2D eigenvalue weighted by Gasteiger charge is 2.61. The van der Waals surface area contributed by atoms with Crippen molar-refractivity contribution < 1.29 is 10.0 Å². The molecule has 0 heterocycles. The summed E-state index contributed by atoms with van der Waals surface area (Å²) < 4.78 is 0. The number of thioether (sulfide) groups is 1. The third-order valence-corrected chi connectivity index (χ3v) is 10.1. The van der Waals surface area contributed by atoms with E-state index in [1.807, 2.05) is 11.8 Å². The van der Waals surface area contributed by atoms with Gasteiger partial charge in [-0.2, -0.15) is 11.8 Å². The first-order chi connectivity index (χ1) is 12.4. The van der Waals surface area contributed by atoms with Crippen molar-refractivity contribution in [2.45, 2.75) is 70.5 Å². The largest absolute Gasteiger partial charge is 0.411 e. The first-order valence-electron chi connectivity index (χ1n) is 10.5. The maximum Gasteiger partial charge on any atom is 0.139 e. The molecule has 0 amide bonds. The summed E-state index contributed by atoms with van der Waals surface area (Å²) in [6.45, 7) is 5.42. The van der Waals surface area contributed by atoms with Crippen LogP contribution in [0.2, 0.25) is 0 Å². The number of carbonyl (C=O) groups is 1. The highest BCUT2D eigenvalue weighted by molar-refractivity contribution is 7.99. The summed E-state index contributed by atoms with van der Waals surface area (Å²) >= 11 is 2.00. The van der Waals surface area contributed by atoms with E-state index in [1.54, 1.807) is 0 Å². The molecule has 4 fully saturated rings. The third kappa shape index (κ3) is 2.68. The number of hydrogen-bond donors (Lipinski definition) is 2. The molecule has 3 N–H and O–H groups in total. The van der Waals surface area contributed by atoms with E-state index < -0.39 is 0 Å². The Balaban J connectivity index is 1.61. The van der Waals surface area contributed by atoms with E-state index in [4.69, 9.17) is 5.73 Å². The topological polar surface area (TPSA) is 75.7 Å². The van der Waals surface area contributed by atoms with E-state index in [2.05, 4.69) is 19.0 Å². The Morgan fingerprint density at radius 1 is 1.23 bits per heavy atom. The zero-order valence-electron chi connectivity index (χ0n) is 16.2. The molecular formula is C21H34N2O2S. The van der Waals surface area contributed by atoms with Gasteiger partial charge in [-0.25, -0.2) is 0 Å². The van der Waals surface area contributed by atoms with E-state index in [1.165, 1.54) is 19.3 Å². The van der Waals surface area contributed by atoms with Crippen LogP contribution in [-0.2, 0) is 4.79 Å². The number of nitrogens with zero attached hydrogens (tertiary/aromatic N) is 1. The van der Waals surface area contributed by atoms with Crippen LogP contribution in [-0.4, -0.2) is 34.2 Å². The molecule has 0 saturated heterocycles. The molecule has 0 radical (unpaired) electrons. The highest BCUT2D eigenvalue weighted by Crippen LogP contribution is 2.65. The fourth-order valence-electron chi connectivity index (χ4n) is 7.30. The zero-order chi connectivity index (χ0) is 18.5. The molecule has 1 unspecified atom stereocenters. The summed E-state index contributed by atoms with van der Waals surface area (Å²) in [5.74, 6) is 3.61. The van der Waals surface area contributed by atoms with Crippen LogP contribution < -0.4 is 5.73 Å². The smallest absolute Gasteiger partial charge is 0.139 e. The van der Waals surface area contributed by atoms with Crippen molar-refractivity contribution in [2.75, 3.05) is 12.3 Å². The molecule has 4 aliphatic rings. The first kappa shape index (κ1) is 18.8. The van der Waals surface area contributed by atoms with Gasteiger partial charge in [-0.1, -0.05) is 19.0 Å². The molecule has 0 spiro atoms. The Bertz CT molecular complexity index is 609. The number of nitrogens with two attached hydrogens (primary N) is 1. The minimum atomic E-state index is -0.112. The quantitative estimate of drug-likeness (QED) is 0.573. The van der Waals surface area contributed by atoms with Crippen molar-refractivity contribution in [2.24, 2.45) is 45.4 Å². The summed E-state index contributed by atoms with van der Waals surface area (Å²) in [5, 5.41) is 14.3. The van der Waals surface area contributed by atoms with Crippen LogP contribution in [0.4, 0.5) is 0 Å². The summed E-state index contributed by atoms with van der Waals surface area (Å²) in [7, 11) is 0. The molecular weight excluding hydrogens is 344 g/mol. The van der Waals surface area contributed by atoms with Gasteiger partial charge < -0.3 is 10.9 Å². The number of hydrogen-bond acceptors (Lipinski definition) is 5. The summed E-state index contributed by atoms with van der Waals surface area (Å²) in [6.07, 6.45) is 8.55. The Kier molecular flexibility index (Phi) is 4.92. The van der Waals surface area contributed by atoms with Gasteiger partial charge in [0.05, 0.1) is 5.71 Å². The molecule has 146 valence electrons. The average molecular weight is 379 g/mol. The molecule has 0 aromatic carbocycles. The Morgan fingerprint density at radius 3 is 2.77 bits per heavy atom. The van der Waals surface area contributed by atoms with Crippen LogP contribution in [0.3, 0.4) is 0 Å². The Morgan fingerprint density at radius 2 is 2.04 bits per heavy atom. The van der Waals surface area contributed by atoms with Crippen molar-refractivity contribution in [3.8, 4) is 0 Å². The predicted octanol–water partition coefficient (Wildman–Crippen LogP) is 4.10. The van der Waals surface area contributed by atoms with Gasteiger partial charge in [0, 0.05) is 35.3 Å². The molecule has 4 aliphatic carbocycles. The second-order valence-electron chi connectivity index (χ2n) is 9.70. The van der Waals surface area contributed by atoms with Gasteiger partial charge in [0.15, 0.2) is 0 Å². The van der Waals surface area contributed by atoms with Gasteiger partial charge in [-0.3, -0.25) is 4.79 Å². The number of carbonyl (C=O) groups excluding carboxylic acids is 1.